The topological polar surface area (TPSA) is 95.9 Å². The Morgan fingerprint density at radius 2 is 1.71 bits per heavy atom. The van der Waals surface area contributed by atoms with Crippen LogP contribution in [-0.2, 0) is 14.3 Å². The van der Waals surface area contributed by atoms with Crippen molar-refractivity contribution in [3.05, 3.63) is 59.7 Å². The summed E-state index contributed by atoms with van der Waals surface area (Å²) in [5, 5.41) is 12.0. The lowest BCUT2D eigenvalue weighted by atomic mass is 9.98. The number of amides is 2. The molecule has 0 radical (unpaired) electrons. The number of nitrogens with zero attached hydrogens (tertiary/aromatic N) is 1. The minimum Gasteiger partial charge on any atom is -0.480 e. The zero-order chi connectivity index (χ0) is 24.1. The molecule has 7 nitrogen and oxygen atoms in total. The fourth-order valence-corrected chi connectivity index (χ4v) is 5.12. The highest BCUT2D eigenvalue weighted by molar-refractivity contribution is 5.82. The Labute approximate surface area is 199 Å². The first-order chi connectivity index (χ1) is 16.5. The summed E-state index contributed by atoms with van der Waals surface area (Å²) in [5.41, 5.74) is 4.62. The van der Waals surface area contributed by atoms with E-state index in [4.69, 9.17) is 16.3 Å². The fourth-order valence-electron chi connectivity index (χ4n) is 5.12. The van der Waals surface area contributed by atoms with E-state index < -0.39 is 18.6 Å². The van der Waals surface area contributed by atoms with Crippen LogP contribution in [0, 0.1) is 18.3 Å². The van der Waals surface area contributed by atoms with E-state index in [0.717, 1.165) is 35.3 Å². The second-order valence-electron chi connectivity index (χ2n) is 8.82. The first-order valence-electron chi connectivity index (χ1n) is 11.5. The SMILES string of the molecule is C#CCN(CC(=O)O)C(=O)C[C@@H]1CCC[C@H]1NC(=O)OCC1c2ccccc2-c2ccccc21. The van der Waals surface area contributed by atoms with E-state index in [0.29, 0.717) is 0 Å². The van der Waals surface area contributed by atoms with Crippen molar-refractivity contribution >= 4 is 18.0 Å². The number of hydrogen-bond donors (Lipinski definition) is 2. The van der Waals surface area contributed by atoms with Crippen LogP contribution in [0.2, 0.25) is 0 Å². The molecule has 34 heavy (non-hydrogen) atoms. The molecule has 0 aliphatic heterocycles. The Kier molecular flexibility index (Phi) is 7.17. The van der Waals surface area contributed by atoms with Gasteiger partial charge in [0.25, 0.3) is 0 Å². The Morgan fingerprint density at radius 3 is 2.32 bits per heavy atom. The minimum absolute atomic E-state index is 0.0209. The van der Waals surface area contributed by atoms with Gasteiger partial charge in [-0.15, -0.1) is 6.42 Å². The second kappa shape index (κ2) is 10.4. The summed E-state index contributed by atoms with van der Waals surface area (Å²) in [6.07, 6.45) is 7.31. The van der Waals surface area contributed by atoms with Crippen LogP contribution in [0.3, 0.4) is 0 Å². The Morgan fingerprint density at radius 1 is 1.06 bits per heavy atom. The van der Waals surface area contributed by atoms with Crippen molar-refractivity contribution in [3.8, 4) is 23.5 Å². The molecule has 2 N–H and O–H groups in total. The molecule has 2 aliphatic rings. The van der Waals surface area contributed by atoms with Gasteiger partial charge in [0.15, 0.2) is 0 Å². The third-order valence-electron chi connectivity index (χ3n) is 6.70. The predicted octanol–water partition coefficient (Wildman–Crippen LogP) is 3.63. The summed E-state index contributed by atoms with van der Waals surface area (Å²) in [6.45, 7) is -0.257. The lowest BCUT2D eigenvalue weighted by Gasteiger charge is -2.24. The third-order valence-corrected chi connectivity index (χ3v) is 6.70. The number of terminal acetylenes is 1. The summed E-state index contributed by atoms with van der Waals surface area (Å²) in [6, 6.07) is 16.1. The van der Waals surface area contributed by atoms with Gasteiger partial charge in [-0.05, 0) is 41.0 Å². The van der Waals surface area contributed by atoms with Crippen LogP contribution in [0.15, 0.2) is 48.5 Å². The molecule has 2 atom stereocenters. The van der Waals surface area contributed by atoms with E-state index in [1.807, 2.05) is 24.3 Å². The molecule has 176 valence electrons. The maximum Gasteiger partial charge on any atom is 0.407 e. The lowest BCUT2D eigenvalue weighted by molar-refractivity contribution is -0.144. The van der Waals surface area contributed by atoms with Gasteiger partial charge in [0, 0.05) is 18.4 Å². The van der Waals surface area contributed by atoms with Crippen LogP contribution >= 0.6 is 0 Å². The zero-order valence-corrected chi connectivity index (χ0v) is 18.9. The van der Waals surface area contributed by atoms with Crippen molar-refractivity contribution in [1.29, 1.82) is 0 Å². The Balaban J connectivity index is 1.35. The quantitative estimate of drug-likeness (QED) is 0.587. The summed E-state index contributed by atoms with van der Waals surface area (Å²) in [7, 11) is 0. The lowest BCUT2D eigenvalue weighted by Crippen LogP contribution is -2.42. The number of ether oxygens (including phenoxy) is 1. The van der Waals surface area contributed by atoms with Crippen LogP contribution in [0.1, 0.15) is 42.7 Å². The van der Waals surface area contributed by atoms with Gasteiger partial charge in [0.2, 0.25) is 5.91 Å². The first kappa shape index (κ1) is 23.4. The number of aliphatic carboxylic acids is 1. The van der Waals surface area contributed by atoms with Gasteiger partial charge in [0.05, 0.1) is 6.54 Å². The molecule has 1 saturated carbocycles. The normalized spacial score (nSPS) is 18.4. The summed E-state index contributed by atoms with van der Waals surface area (Å²) in [4.78, 5) is 37.5. The highest BCUT2D eigenvalue weighted by Gasteiger charge is 2.33. The maximum atomic E-state index is 12.7. The molecule has 0 bridgehead atoms. The number of carbonyl (C=O) groups is 3. The molecule has 4 rings (SSSR count). The number of nitrogens with one attached hydrogen (secondary N) is 1. The summed E-state index contributed by atoms with van der Waals surface area (Å²) >= 11 is 0. The van der Waals surface area contributed by atoms with E-state index in [1.165, 1.54) is 11.1 Å². The number of hydrogen-bond acceptors (Lipinski definition) is 4. The monoisotopic (exact) mass is 460 g/mol. The van der Waals surface area contributed by atoms with Crippen LogP contribution in [-0.4, -0.2) is 53.7 Å². The summed E-state index contributed by atoms with van der Waals surface area (Å²) < 4.78 is 5.64. The van der Waals surface area contributed by atoms with Crippen LogP contribution in [0.5, 0.6) is 0 Å². The molecule has 2 aliphatic carbocycles. The molecular weight excluding hydrogens is 432 g/mol. The van der Waals surface area contributed by atoms with Crippen LogP contribution < -0.4 is 5.32 Å². The predicted molar refractivity (Wildman–Crippen MR) is 127 cm³/mol. The number of rotatable bonds is 8. The molecule has 0 heterocycles. The van der Waals surface area contributed by atoms with Gasteiger partial charge in [-0.3, -0.25) is 9.59 Å². The van der Waals surface area contributed by atoms with Crippen LogP contribution in [0.25, 0.3) is 11.1 Å². The molecule has 0 saturated heterocycles. The fraction of sp³-hybridized carbons (Fsp3) is 0.370. The number of carbonyl (C=O) groups excluding carboxylic acids is 2. The molecular formula is C27H28N2O5. The largest absolute Gasteiger partial charge is 0.480 e. The van der Waals surface area contributed by atoms with Crippen molar-refractivity contribution in [3.63, 3.8) is 0 Å². The van der Waals surface area contributed by atoms with Gasteiger partial charge in [-0.2, -0.15) is 0 Å². The van der Waals surface area contributed by atoms with Crippen molar-refractivity contribution in [2.45, 2.75) is 37.6 Å². The standard InChI is InChI=1S/C27H28N2O5/c1-2-14-29(16-26(31)32)25(30)15-18-8-7-13-24(18)28-27(33)34-17-23-21-11-5-3-9-19(21)20-10-4-6-12-22(20)23/h1,3-6,9-12,18,23-24H,7-8,13-17H2,(H,28,33)(H,31,32)/t18-,24+/m0/s1. The summed E-state index contributed by atoms with van der Waals surface area (Å²) in [5.74, 6) is 0.808. The third kappa shape index (κ3) is 5.07. The van der Waals surface area contributed by atoms with Crippen molar-refractivity contribution in [2.75, 3.05) is 19.7 Å². The number of carboxylic acids is 1. The Hall–Kier alpha value is -3.79. The van der Waals surface area contributed by atoms with Gasteiger partial charge in [0.1, 0.15) is 13.2 Å². The molecule has 0 aromatic heterocycles. The van der Waals surface area contributed by atoms with Crippen molar-refractivity contribution in [2.24, 2.45) is 5.92 Å². The van der Waals surface area contributed by atoms with Crippen LogP contribution in [0.4, 0.5) is 4.79 Å². The molecule has 0 spiro atoms. The average molecular weight is 461 g/mol. The minimum atomic E-state index is -1.11. The maximum absolute atomic E-state index is 12.7. The van der Waals surface area contributed by atoms with Crippen molar-refractivity contribution in [1.82, 2.24) is 10.2 Å². The van der Waals surface area contributed by atoms with Crippen molar-refractivity contribution < 1.29 is 24.2 Å². The molecule has 2 aromatic rings. The average Bonchev–Trinajstić information content (AvgIpc) is 3.39. The molecule has 2 aromatic carbocycles. The second-order valence-corrected chi connectivity index (χ2v) is 8.82. The molecule has 0 unspecified atom stereocenters. The van der Waals surface area contributed by atoms with E-state index >= 15 is 0 Å². The Bertz CT molecular complexity index is 1080. The van der Waals surface area contributed by atoms with E-state index in [2.05, 4.69) is 35.5 Å². The van der Waals surface area contributed by atoms with E-state index in [9.17, 15) is 14.4 Å². The number of alkyl carbamates (subject to hydrolysis) is 1. The van der Waals surface area contributed by atoms with Gasteiger partial charge < -0.3 is 20.1 Å². The first-order valence-corrected chi connectivity index (χ1v) is 11.5. The van der Waals surface area contributed by atoms with E-state index in [-0.39, 0.29) is 43.4 Å². The zero-order valence-electron chi connectivity index (χ0n) is 18.9. The number of benzene rings is 2. The molecule has 7 heteroatoms. The highest BCUT2D eigenvalue weighted by Crippen LogP contribution is 2.44. The number of carboxylic acid groups (broad SMARTS) is 1. The highest BCUT2D eigenvalue weighted by atomic mass is 16.5. The van der Waals surface area contributed by atoms with E-state index in [1.54, 1.807) is 0 Å². The number of fused-ring (bicyclic) bond motifs is 3. The van der Waals surface area contributed by atoms with Gasteiger partial charge >= 0.3 is 12.1 Å². The van der Waals surface area contributed by atoms with Gasteiger partial charge in [-0.25, -0.2) is 4.79 Å². The van der Waals surface area contributed by atoms with Gasteiger partial charge in [-0.1, -0.05) is 60.9 Å². The molecule has 1 fully saturated rings. The smallest absolute Gasteiger partial charge is 0.407 e. The molecule has 2 amide bonds.